The van der Waals surface area contributed by atoms with Gasteiger partial charge in [-0.2, -0.15) is 0 Å². The molecule has 2 aliphatic heterocycles. The Bertz CT molecular complexity index is 1210. The van der Waals surface area contributed by atoms with E-state index in [0.717, 1.165) is 11.3 Å². The van der Waals surface area contributed by atoms with Crippen molar-refractivity contribution >= 4 is 40.1 Å². The van der Waals surface area contributed by atoms with E-state index in [1.54, 1.807) is 15.9 Å². The van der Waals surface area contributed by atoms with E-state index in [9.17, 15) is 14.4 Å². The number of nitrogens with zero attached hydrogens (tertiary/aromatic N) is 2. The number of fused-ring (bicyclic) bond motifs is 1. The van der Waals surface area contributed by atoms with E-state index in [1.165, 1.54) is 0 Å². The van der Waals surface area contributed by atoms with Crippen LogP contribution < -0.4 is 10.2 Å². The minimum atomic E-state index is -0.529. The number of carbonyl (C=O) groups excluding carboxylic acids is 3. The molecule has 0 aliphatic carbocycles. The van der Waals surface area contributed by atoms with Gasteiger partial charge >= 0.3 is 0 Å². The van der Waals surface area contributed by atoms with Gasteiger partial charge in [-0.25, -0.2) is 0 Å². The summed E-state index contributed by atoms with van der Waals surface area (Å²) in [7, 11) is 0. The van der Waals surface area contributed by atoms with Crippen molar-refractivity contribution < 1.29 is 23.5 Å². The second kappa shape index (κ2) is 8.71. The van der Waals surface area contributed by atoms with Gasteiger partial charge in [0.25, 0.3) is 5.91 Å². The average Bonchev–Trinajstić information content (AvgIpc) is 3.41. The van der Waals surface area contributed by atoms with Crippen LogP contribution in [0.15, 0.2) is 52.9 Å². The van der Waals surface area contributed by atoms with Crippen LogP contribution in [0.4, 0.5) is 11.4 Å². The zero-order valence-electron chi connectivity index (χ0n) is 18.4. The van der Waals surface area contributed by atoms with E-state index in [0.29, 0.717) is 43.0 Å². The second-order valence-electron chi connectivity index (χ2n) is 8.44. The van der Waals surface area contributed by atoms with E-state index >= 15 is 0 Å². The lowest BCUT2D eigenvalue weighted by Gasteiger charge is -2.26. The van der Waals surface area contributed by atoms with Crippen LogP contribution in [0.3, 0.4) is 0 Å². The summed E-state index contributed by atoms with van der Waals surface area (Å²) in [5.41, 5.74) is 2.75. The first-order valence-electron chi connectivity index (χ1n) is 11.1. The summed E-state index contributed by atoms with van der Waals surface area (Å²) in [6, 6.07) is 14.9. The number of anilines is 2. The van der Waals surface area contributed by atoms with Crippen LogP contribution >= 0.6 is 0 Å². The summed E-state index contributed by atoms with van der Waals surface area (Å²) in [5, 5.41) is 3.56. The largest absolute Gasteiger partial charge is 0.449 e. The molecular formula is C25H25N3O5. The first kappa shape index (κ1) is 21.2. The molecule has 170 valence electrons. The van der Waals surface area contributed by atoms with Gasteiger partial charge in [0.1, 0.15) is 11.3 Å². The molecule has 3 heterocycles. The number of amides is 3. The lowest BCUT2D eigenvalue weighted by Crippen LogP contribution is -2.40. The van der Waals surface area contributed by atoms with Gasteiger partial charge < -0.3 is 24.3 Å². The maximum atomic E-state index is 13.2. The number of furan rings is 1. The van der Waals surface area contributed by atoms with Crippen LogP contribution in [-0.4, -0.2) is 55.5 Å². The maximum Gasteiger partial charge on any atom is 0.291 e. The Morgan fingerprint density at radius 1 is 1.03 bits per heavy atom. The van der Waals surface area contributed by atoms with E-state index < -0.39 is 5.92 Å². The van der Waals surface area contributed by atoms with Crippen molar-refractivity contribution in [3.63, 3.8) is 0 Å². The van der Waals surface area contributed by atoms with Crippen LogP contribution in [-0.2, 0) is 14.3 Å². The number of hydrogen-bond donors (Lipinski definition) is 1. The molecule has 2 aliphatic rings. The first-order chi connectivity index (χ1) is 16.0. The lowest BCUT2D eigenvalue weighted by atomic mass is 10.1. The van der Waals surface area contributed by atoms with Gasteiger partial charge in [-0.1, -0.05) is 29.8 Å². The van der Waals surface area contributed by atoms with Gasteiger partial charge in [0, 0.05) is 37.1 Å². The summed E-state index contributed by atoms with van der Waals surface area (Å²) in [6.45, 7) is 4.13. The molecule has 0 saturated carbocycles. The van der Waals surface area contributed by atoms with Crippen LogP contribution in [0.1, 0.15) is 22.5 Å². The molecule has 0 radical (unpaired) electrons. The molecular weight excluding hydrogens is 422 g/mol. The monoisotopic (exact) mass is 447 g/mol. The van der Waals surface area contributed by atoms with Crippen molar-refractivity contribution in [3.8, 4) is 0 Å². The van der Waals surface area contributed by atoms with Gasteiger partial charge in [0.15, 0.2) is 0 Å². The minimum absolute atomic E-state index is 0.0966. The second-order valence-corrected chi connectivity index (χ2v) is 8.44. The molecule has 3 aromatic rings. The highest BCUT2D eigenvalue weighted by Gasteiger charge is 2.36. The van der Waals surface area contributed by atoms with Crippen LogP contribution in [0, 0.1) is 12.8 Å². The Labute approximate surface area is 191 Å². The van der Waals surface area contributed by atoms with Crippen molar-refractivity contribution in [1.29, 1.82) is 0 Å². The van der Waals surface area contributed by atoms with Crippen molar-refractivity contribution in [3.05, 3.63) is 59.9 Å². The van der Waals surface area contributed by atoms with Gasteiger partial charge in [-0.15, -0.1) is 0 Å². The van der Waals surface area contributed by atoms with Crippen molar-refractivity contribution in [2.24, 2.45) is 5.92 Å². The number of rotatable bonds is 4. The third kappa shape index (κ3) is 4.09. The highest BCUT2D eigenvalue weighted by atomic mass is 16.5. The van der Waals surface area contributed by atoms with Crippen LogP contribution in [0.5, 0.6) is 0 Å². The molecule has 1 atom stereocenters. The quantitative estimate of drug-likeness (QED) is 0.663. The van der Waals surface area contributed by atoms with Gasteiger partial charge in [-0.05, 0) is 31.2 Å². The van der Waals surface area contributed by atoms with E-state index in [-0.39, 0.29) is 36.4 Å². The Hall–Kier alpha value is -3.65. The molecule has 1 aromatic heterocycles. The normalized spacial score (nSPS) is 18.7. The van der Waals surface area contributed by atoms with Gasteiger partial charge in [-0.3, -0.25) is 14.4 Å². The Kier molecular flexibility index (Phi) is 5.60. The number of nitrogens with one attached hydrogen (secondary N) is 1. The summed E-state index contributed by atoms with van der Waals surface area (Å²) in [6.07, 6.45) is 0.113. The number of ether oxygens (including phenoxy) is 1. The summed E-state index contributed by atoms with van der Waals surface area (Å²) in [5.74, 6) is -1.11. The predicted molar refractivity (Wildman–Crippen MR) is 123 cm³/mol. The molecule has 0 spiro atoms. The van der Waals surface area contributed by atoms with Crippen LogP contribution in [0.25, 0.3) is 11.0 Å². The molecule has 2 saturated heterocycles. The first-order valence-corrected chi connectivity index (χ1v) is 11.1. The molecule has 33 heavy (non-hydrogen) atoms. The summed E-state index contributed by atoms with van der Waals surface area (Å²) in [4.78, 5) is 42.3. The molecule has 5 rings (SSSR count). The molecule has 2 fully saturated rings. The zero-order valence-corrected chi connectivity index (χ0v) is 18.4. The fourth-order valence-electron chi connectivity index (χ4n) is 4.31. The maximum absolute atomic E-state index is 13.2. The van der Waals surface area contributed by atoms with E-state index in [4.69, 9.17) is 9.15 Å². The SMILES string of the molecule is Cc1ccc(N2C[C@@H](C(=O)Nc3c(C(=O)N4CCOCC4)oc4ccccc34)CC2=O)cc1. The predicted octanol–water partition coefficient (Wildman–Crippen LogP) is 3.21. The Morgan fingerprint density at radius 3 is 2.52 bits per heavy atom. The number of hydrogen-bond acceptors (Lipinski definition) is 5. The number of aryl methyl sites for hydroxylation is 1. The Balaban J connectivity index is 1.39. The molecule has 0 unspecified atom stereocenters. The fourth-order valence-corrected chi connectivity index (χ4v) is 4.31. The number of benzene rings is 2. The lowest BCUT2D eigenvalue weighted by molar-refractivity contribution is -0.122. The summed E-state index contributed by atoms with van der Waals surface area (Å²) >= 11 is 0. The third-order valence-corrected chi connectivity index (χ3v) is 6.18. The molecule has 2 aromatic carbocycles. The molecule has 3 amide bonds. The number of para-hydroxylation sites is 1. The van der Waals surface area contributed by atoms with E-state index in [1.807, 2.05) is 49.4 Å². The smallest absolute Gasteiger partial charge is 0.291 e. The van der Waals surface area contributed by atoms with Gasteiger partial charge in [0.2, 0.25) is 17.6 Å². The number of carbonyl (C=O) groups is 3. The Morgan fingerprint density at radius 2 is 1.76 bits per heavy atom. The highest BCUT2D eigenvalue weighted by molar-refractivity contribution is 6.12. The summed E-state index contributed by atoms with van der Waals surface area (Å²) < 4.78 is 11.2. The van der Waals surface area contributed by atoms with Crippen LogP contribution in [0.2, 0.25) is 0 Å². The van der Waals surface area contributed by atoms with Crippen molar-refractivity contribution in [1.82, 2.24) is 4.90 Å². The highest BCUT2D eigenvalue weighted by Crippen LogP contribution is 2.33. The van der Waals surface area contributed by atoms with E-state index in [2.05, 4.69) is 5.32 Å². The molecule has 1 N–H and O–H groups in total. The standard InChI is InChI=1S/C25H25N3O5/c1-16-6-8-18(9-7-16)28-15-17(14-21(28)29)24(30)26-22-19-4-2-3-5-20(19)33-23(22)25(31)27-10-12-32-13-11-27/h2-9,17H,10-15H2,1H3,(H,26,30)/t17-/m0/s1. The third-order valence-electron chi connectivity index (χ3n) is 6.18. The average molecular weight is 447 g/mol. The number of morpholine rings is 1. The molecule has 0 bridgehead atoms. The molecule has 8 heteroatoms. The van der Waals surface area contributed by atoms with Crippen molar-refractivity contribution in [2.45, 2.75) is 13.3 Å². The topological polar surface area (TPSA) is 92.1 Å². The fraction of sp³-hybridized carbons (Fsp3) is 0.320. The zero-order chi connectivity index (χ0) is 22.9. The molecule has 8 nitrogen and oxygen atoms in total. The minimum Gasteiger partial charge on any atom is -0.449 e. The van der Waals surface area contributed by atoms with Crippen molar-refractivity contribution in [2.75, 3.05) is 43.1 Å². The van der Waals surface area contributed by atoms with Gasteiger partial charge in [0.05, 0.1) is 19.1 Å².